The van der Waals surface area contributed by atoms with Crippen molar-refractivity contribution in [3.8, 4) is 11.6 Å². The topological polar surface area (TPSA) is 99.7 Å². The van der Waals surface area contributed by atoms with Gasteiger partial charge in [-0.3, -0.25) is 14.8 Å². The van der Waals surface area contributed by atoms with Crippen molar-refractivity contribution in [3.63, 3.8) is 0 Å². The molecular weight excluding hydrogens is 320 g/mol. The third kappa shape index (κ3) is 4.41. The second kappa shape index (κ2) is 8.58. The zero-order valence-corrected chi connectivity index (χ0v) is 14.4. The lowest BCUT2D eigenvalue weighted by molar-refractivity contribution is 0.111. The maximum Gasteiger partial charge on any atom is 0.213 e. The van der Waals surface area contributed by atoms with E-state index in [-0.39, 0.29) is 6.61 Å². The highest BCUT2D eigenvalue weighted by atomic mass is 16.5. The maximum atomic E-state index is 11.2. The van der Waals surface area contributed by atoms with E-state index in [1.165, 1.54) is 19.4 Å². The van der Waals surface area contributed by atoms with Crippen molar-refractivity contribution >= 4 is 18.1 Å². The number of nitrogens with two attached hydrogens (primary N) is 1. The van der Waals surface area contributed by atoms with E-state index in [4.69, 9.17) is 15.2 Å². The maximum absolute atomic E-state index is 11.2. The molecule has 130 valence electrons. The molecule has 0 radical (unpaired) electrons. The number of aromatic nitrogens is 2. The Kier molecular flexibility index (Phi) is 6.22. The Balaban J connectivity index is 2.31. The van der Waals surface area contributed by atoms with E-state index in [1.807, 2.05) is 12.1 Å². The molecule has 0 atom stereocenters. The first-order valence-electron chi connectivity index (χ1n) is 7.55. The summed E-state index contributed by atoms with van der Waals surface area (Å²) in [5.41, 5.74) is 9.13. The van der Waals surface area contributed by atoms with Gasteiger partial charge in [0.05, 0.1) is 24.6 Å². The van der Waals surface area contributed by atoms with Crippen LogP contribution in [0, 0.1) is 0 Å². The average molecular weight is 340 g/mol. The van der Waals surface area contributed by atoms with Gasteiger partial charge in [0.25, 0.3) is 0 Å². The molecule has 0 aromatic carbocycles. The van der Waals surface area contributed by atoms with E-state index in [0.29, 0.717) is 34.9 Å². The smallest absolute Gasteiger partial charge is 0.213 e. The Morgan fingerprint density at radius 1 is 1.40 bits per heavy atom. The summed E-state index contributed by atoms with van der Waals surface area (Å²) < 4.78 is 10.8. The molecule has 0 aliphatic rings. The van der Waals surface area contributed by atoms with Gasteiger partial charge in [0, 0.05) is 42.4 Å². The first-order chi connectivity index (χ1) is 12.1. The Morgan fingerprint density at radius 2 is 2.20 bits per heavy atom. The summed E-state index contributed by atoms with van der Waals surface area (Å²) in [7, 11) is 3.15. The van der Waals surface area contributed by atoms with Crippen molar-refractivity contribution < 1.29 is 14.3 Å². The van der Waals surface area contributed by atoms with Crippen LogP contribution in [0.15, 0.2) is 41.3 Å². The largest absolute Gasteiger partial charge is 0.486 e. The van der Waals surface area contributed by atoms with Crippen LogP contribution >= 0.6 is 0 Å². The summed E-state index contributed by atoms with van der Waals surface area (Å²) >= 11 is 0. The molecule has 2 aromatic rings. The minimum absolute atomic E-state index is 0.201. The number of ether oxygens (including phenoxy) is 2. The van der Waals surface area contributed by atoms with Crippen LogP contribution in [0.1, 0.15) is 28.5 Å². The molecule has 0 saturated carbocycles. The van der Waals surface area contributed by atoms with Crippen molar-refractivity contribution in [1.82, 2.24) is 9.97 Å². The number of aldehydes is 1. The molecule has 2 aromatic heterocycles. The predicted octanol–water partition coefficient (Wildman–Crippen LogP) is 2.27. The van der Waals surface area contributed by atoms with Gasteiger partial charge in [0.15, 0.2) is 6.29 Å². The Bertz CT molecular complexity index is 812. The van der Waals surface area contributed by atoms with Crippen molar-refractivity contribution in [1.29, 1.82) is 0 Å². The Labute approximate surface area is 146 Å². The molecule has 0 spiro atoms. The van der Waals surface area contributed by atoms with Crippen LogP contribution in [-0.4, -0.2) is 36.6 Å². The van der Waals surface area contributed by atoms with Crippen LogP contribution in [0.3, 0.4) is 0 Å². The number of pyridine rings is 2. The van der Waals surface area contributed by atoms with Gasteiger partial charge in [-0.25, -0.2) is 4.98 Å². The summed E-state index contributed by atoms with van der Waals surface area (Å²) in [5.74, 6) is 0.712. The number of allylic oxidation sites excluding steroid dienone is 2. The molecule has 2 rings (SSSR count). The molecule has 0 fully saturated rings. The fraction of sp³-hybridized carbons (Fsp3) is 0.222. The number of aliphatic imine (C=N–C) groups is 1. The molecule has 0 unspecified atom stereocenters. The minimum atomic E-state index is 0.201. The van der Waals surface area contributed by atoms with Crippen LogP contribution in [0.25, 0.3) is 5.57 Å². The van der Waals surface area contributed by atoms with E-state index in [9.17, 15) is 4.79 Å². The predicted molar refractivity (Wildman–Crippen MR) is 95.9 cm³/mol. The molecule has 0 aliphatic carbocycles. The quantitative estimate of drug-likeness (QED) is 0.613. The van der Waals surface area contributed by atoms with Crippen molar-refractivity contribution in [2.24, 2.45) is 10.7 Å². The number of methoxy groups -OCH3 is 1. The highest BCUT2D eigenvalue weighted by molar-refractivity contribution is 6.10. The summed E-state index contributed by atoms with van der Waals surface area (Å²) in [5, 5.41) is 0. The number of carbonyl (C=O) groups excluding carboxylic acids is 1. The number of rotatable bonds is 7. The molecular formula is C18H20N4O3. The lowest BCUT2D eigenvalue weighted by Gasteiger charge is -2.13. The van der Waals surface area contributed by atoms with Gasteiger partial charge in [0.2, 0.25) is 5.88 Å². The number of nitrogens with zero attached hydrogens (tertiary/aromatic N) is 3. The highest BCUT2D eigenvalue weighted by Crippen LogP contribution is 2.23. The normalized spacial score (nSPS) is 12.0. The zero-order chi connectivity index (χ0) is 18.2. The summed E-state index contributed by atoms with van der Waals surface area (Å²) in [6.07, 6.45) is 5.49. The second-order valence-corrected chi connectivity index (χ2v) is 5.17. The van der Waals surface area contributed by atoms with E-state index >= 15 is 0 Å². The SMILES string of the molecule is CN=C/C(=C(/C)N)c1ncccc1COc1cnc(OC)cc1C=O. The van der Waals surface area contributed by atoms with Crippen molar-refractivity contribution in [2.75, 3.05) is 14.2 Å². The van der Waals surface area contributed by atoms with E-state index < -0.39 is 0 Å². The van der Waals surface area contributed by atoms with E-state index in [1.54, 1.807) is 26.4 Å². The third-order valence-electron chi connectivity index (χ3n) is 3.42. The summed E-state index contributed by atoms with van der Waals surface area (Å²) in [4.78, 5) is 23.7. The standard InChI is InChI=1S/C18H20N4O3/c1-12(19)15(8-20-2)18-13(5-4-6-21-18)11-25-16-9-22-17(24-3)7-14(16)10-23/h4-10H,11,19H2,1-3H3/b15-12+,20-8?. The molecule has 2 heterocycles. The van der Waals surface area contributed by atoms with E-state index in [2.05, 4.69) is 15.0 Å². The molecule has 0 saturated heterocycles. The van der Waals surface area contributed by atoms with Gasteiger partial charge < -0.3 is 15.2 Å². The van der Waals surface area contributed by atoms with Gasteiger partial charge in [-0.05, 0) is 13.0 Å². The van der Waals surface area contributed by atoms with Crippen LogP contribution < -0.4 is 15.2 Å². The molecule has 2 N–H and O–H groups in total. The summed E-state index contributed by atoms with van der Waals surface area (Å²) in [6, 6.07) is 5.21. The first-order valence-corrected chi connectivity index (χ1v) is 7.55. The minimum Gasteiger partial charge on any atom is -0.486 e. The number of carbonyl (C=O) groups is 1. The number of hydrogen-bond donors (Lipinski definition) is 1. The lowest BCUT2D eigenvalue weighted by Crippen LogP contribution is -2.07. The van der Waals surface area contributed by atoms with Gasteiger partial charge in [-0.1, -0.05) is 6.07 Å². The highest BCUT2D eigenvalue weighted by Gasteiger charge is 2.12. The van der Waals surface area contributed by atoms with Crippen LogP contribution in [0.5, 0.6) is 11.6 Å². The molecule has 0 amide bonds. The molecule has 0 bridgehead atoms. The molecule has 7 heteroatoms. The molecule has 7 nitrogen and oxygen atoms in total. The zero-order valence-electron chi connectivity index (χ0n) is 14.4. The van der Waals surface area contributed by atoms with E-state index in [0.717, 1.165) is 11.1 Å². The monoisotopic (exact) mass is 340 g/mol. The van der Waals surface area contributed by atoms with Gasteiger partial charge >= 0.3 is 0 Å². The third-order valence-corrected chi connectivity index (χ3v) is 3.42. The second-order valence-electron chi connectivity index (χ2n) is 5.17. The Morgan fingerprint density at radius 3 is 2.84 bits per heavy atom. The average Bonchev–Trinajstić information content (AvgIpc) is 2.64. The van der Waals surface area contributed by atoms with Crippen LogP contribution in [-0.2, 0) is 6.61 Å². The lowest BCUT2D eigenvalue weighted by atomic mass is 10.1. The van der Waals surface area contributed by atoms with Crippen molar-refractivity contribution in [2.45, 2.75) is 13.5 Å². The van der Waals surface area contributed by atoms with Gasteiger partial charge in [-0.15, -0.1) is 0 Å². The van der Waals surface area contributed by atoms with Gasteiger partial charge in [-0.2, -0.15) is 0 Å². The Hall–Kier alpha value is -3.22. The molecule has 25 heavy (non-hydrogen) atoms. The number of hydrogen-bond acceptors (Lipinski definition) is 7. The fourth-order valence-electron chi connectivity index (χ4n) is 2.19. The van der Waals surface area contributed by atoms with Crippen LogP contribution in [0.4, 0.5) is 0 Å². The van der Waals surface area contributed by atoms with Crippen molar-refractivity contribution in [3.05, 3.63) is 53.1 Å². The first kappa shape index (κ1) is 18.1. The summed E-state index contributed by atoms with van der Waals surface area (Å²) in [6.45, 7) is 1.99. The van der Waals surface area contributed by atoms with Gasteiger partial charge in [0.1, 0.15) is 12.4 Å². The van der Waals surface area contributed by atoms with Crippen LogP contribution in [0.2, 0.25) is 0 Å². The molecule has 0 aliphatic heterocycles. The fourth-order valence-corrected chi connectivity index (χ4v) is 2.19.